The van der Waals surface area contributed by atoms with Crippen LogP contribution < -0.4 is 5.32 Å². The fourth-order valence-electron chi connectivity index (χ4n) is 1.58. The van der Waals surface area contributed by atoms with E-state index in [0.29, 0.717) is 6.07 Å². The number of nitro groups is 1. The van der Waals surface area contributed by atoms with E-state index in [9.17, 15) is 24.0 Å². The van der Waals surface area contributed by atoms with E-state index in [4.69, 9.17) is 4.74 Å². The van der Waals surface area contributed by atoms with Crippen molar-refractivity contribution in [2.75, 3.05) is 25.6 Å². The van der Waals surface area contributed by atoms with Gasteiger partial charge in [-0.25, -0.2) is 4.39 Å². The summed E-state index contributed by atoms with van der Waals surface area (Å²) in [6.07, 6.45) is 0.266. The summed E-state index contributed by atoms with van der Waals surface area (Å²) >= 11 is 0. The number of halogens is 2. The van der Waals surface area contributed by atoms with Crippen LogP contribution in [-0.2, 0) is 4.74 Å². The second kappa shape index (κ2) is 6.58. The molecule has 0 saturated heterocycles. The Morgan fingerprint density at radius 2 is 2.15 bits per heavy atom. The van der Waals surface area contributed by atoms with Crippen LogP contribution >= 0.6 is 0 Å². The number of hydrogen-bond donors (Lipinski definition) is 2. The van der Waals surface area contributed by atoms with Crippen molar-refractivity contribution in [2.24, 2.45) is 0 Å². The number of nitrogens with zero attached hydrogens (tertiary/aromatic N) is 1. The SMILES string of the molecule is COCCC(C)(O)CNc1cc(F)cc(F)c1[N+](=O)[O-]. The minimum atomic E-state index is -1.27. The first-order chi connectivity index (χ1) is 9.26. The van der Waals surface area contributed by atoms with Gasteiger partial charge in [0.15, 0.2) is 0 Å². The molecule has 1 unspecified atom stereocenters. The number of aliphatic hydroxyl groups is 1. The molecule has 1 atom stereocenters. The van der Waals surface area contributed by atoms with E-state index in [1.165, 1.54) is 14.0 Å². The number of ether oxygens (including phenoxy) is 1. The third kappa shape index (κ3) is 4.39. The van der Waals surface area contributed by atoms with Crippen molar-refractivity contribution in [3.8, 4) is 0 Å². The van der Waals surface area contributed by atoms with Gasteiger partial charge in [0.25, 0.3) is 0 Å². The van der Waals surface area contributed by atoms with Gasteiger partial charge in [0.1, 0.15) is 11.5 Å². The molecular weight excluding hydrogens is 274 g/mol. The molecule has 0 aromatic heterocycles. The predicted octanol–water partition coefficient (Wildman–Crippen LogP) is 2.07. The molecule has 0 saturated carbocycles. The number of nitro benzene ring substituents is 1. The fourth-order valence-corrected chi connectivity index (χ4v) is 1.58. The molecule has 0 aliphatic carbocycles. The Morgan fingerprint density at radius 3 is 2.70 bits per heavy atom. The van der Waals surface area contributed by atoms with E-state index in [2.05, 4.69) is 5.32 Å². The lowest BCUT2D eigenvalue weighted by Crippen LogP contribution is -2.34. The Hall–Kier alpha value is -1.80. The highest BCUT2D eigenvalue weighted by Crippen LogP contribution is 2.29. The van der Waals surface area contributed by atoms with Crippen LogP contribution in [0.2, 0.25) is 0 Å². The third-order valence-corrected chi connectivity index (χ3v) is 2.72. The molecule has 1 rings (SSSR count). The molecule has 0 bridgehead atoms. The van der Waals surface area contributed by atoms with Crippen LogP contribution in [0.5, 0.6) is 0 Å². The van der Waals surface area contributed by atoms with Gasteiger partial charge in [-0.3, -0.25) is 10.1 Å². The molecule has 6 nitrogen and oxygen atoms in total. The monoisotopic (exact) mass is 290 g/mol. The minimum absolute atomic E-state index is 0.111. The lowest BCUT2D eigenvalue weighted by atomic mass is 10.0. The first kappa shape index (κ1) is 16.3. The van der Waals surface area contributed by atoms with Crippen molar-refractivity contribution in [2.45, 2.75) is 18.9 Å². The number of methoxy groups -OCH3 is 1. The standard InChI is InChI=1S/C12H16F2N2O4/c1-12(17,3-4-20-2)7-15-10-6-8(13)5-9(14)11(10)16(18)19/h5-6,15,17H,3-4,7H2,1-2H3. The Kier molecular flexibility index (Phi) is 5.34. The van der Waals surface area contributed by atoms with Gasteiger partial charge in [0.05, 0.1) is 10.5 Å². The summed E-state index contributed by atoms with van der Waals surface area (Å²) in [5.74, 6) is -2.21. The normalized spacial score (nSPS) is 13.8. The molecule has 2 N–H and O–H groups in total. The predicted molar refractivity (Wildman–Crippen MR) is 68.6 cm³/mol. The maximum absolute atomic E-state index is 13.4. The summed E-state index contributed by atoms with van der Waals surface area (Å²) in [6.45, 7) is 1.66. The summed E-state index contributed by atoms with van der Waals surface area (Å²) in [4.78, 5) is 9.83. The van der Waals surface area contributed by atoms with Gasteiger partial charge >= 0.3 is 5.69 Å². The van der Waals surface area contributed by atoms with Crippen LogP contribution in [0.4, 0.5) is 20.2 Å². The fraction of sp³-hybridized carbons (Fsp3) is 0.500. The molecular formula is C12H16F2N2O4. The summed E-state index contributed by atoms with van der Waals surface area (Å²) in [7, 11) is 1.47. The first-order valence-corrected chi connectivity index (χ1v) is 5.85. The highest BCUT2D eigenvalue weighted by molar-refractivity contribution is 5.62. The van der Waals surface area contributed by atoms with Gasteiger partial charge in [-0.05, 0) is 6.92 Å². The second-order valence-corrected chi connectivity index (χ2v) is 4.63. The van der Waals surface area contributed by atoms with Crippen molar-refractivity contribution in [1.29, 1.82) is 0 Å². The van der Waals surface area contributed by atoms with Gasteiger partial charge in [-0.2, -0.15) is 4.39 Å². The molecule has 0 fully saturated rings. The van der Waals surface area contributed by atoms with Gasteiger partial charge in [-0.15, -0.1) is 0 Å². The smallest absolute Gasteiger partial charge is 0.327 e. The first-order valence-electron chi connectivity index (χ1n) is 5.85. The van der Waals surface area contributed by atoms with E-state index in [1.807, 2.05) is 0 Å². The van der Waals surface area contributed by atoms with Crippen molar-refractivity contribution >= 4 is 11.4 Å². The topological polar surface area (TPSA) is 84.6 Å². The molecule has 20 heavy (non-hydrogen) atoms. The van der Waals surface area contributed by atoms with Crippen LogP contribution in [0.15, 0.2) is 12.1 Å². The minimum Gasteiger partial charge on any atom is -0.388 e. The van der Waals surface area contributed by atoms with E-state index < -0.39 is 27.8 Å². The maximum atomic E-state index is 13.4. The molecule has 1 aromatic rings. The average molecular weight is 290 g/mol. The van der Waals surface area contributed by atoms with E-state index in [-0.39, 0.29) is 25.3 Å². The van der Waals surface area contributed by atoms with Gasteiger partial charge in [0.2, 0.25) is 5.82 Å². The van der Waals surface area contributed by atoms with Crippen molar-refractivity contribution in [3.05, 3.63) is 33.9 Å². The molecule has 8 heteroatoms. The molecule has 0 aliphatic rings. The van der Waals surface area contributed by atoms with E-state index in [1.54, 1.807) is 0 Å². The molecule has 0 amide bonds. The van der Waals surface area contributed by atoms with Crippen LogP contribution in [0.3, 0.4) is 0 Å². The van der Waals surface area contributed by atoms with Crippen LogP contribution in [0, 0.1) is 21.7 Å². The molecule has 1 aromatic carbocycles. The number of hydrogen-bond acceptors (Lipinski definition) is 5. The highest BCUT2D eigenvalue weighted by atomic mass is 19.1. The van der Waals surface area contributed by atoms with Gasteiger partial charge < -0.3 is 15.2 Å². The molecule has 0 spiro atoms. The molecule has 0 aliphatic heterocycles. The number of rotatable bonds is 7. The van der Waals surface area contributed by atoms with Crippen molar-refractivity contribution < 1.29 is 23.5 Å². The lowest BCUT2D eigenvalue weighted by molar-refractivity contribution is -0.386. The average Bonchev–Trinajstić information content (AvgIpc) is 2.32. The largest absolute Gasteiger partial charge is 0.388 e. The summed E-state index contributed by atoms with van der Waals surface area (Å²) in [5, 5.41) is 23.2. The maximum Gasteiger partial charge on any atom is 0.327 e. The Bertz CT molecular complexity index is 495. The zero-order valence-corrected chi connectivity index (χ0v) is 11.2. The van der Waals surface area contributed by atoms with Crippen LogP contribution in [-0.4, -0.2) is 35.9 Å². The highest BCUT2D eigenvalue weighted by Gasteiger charge is 2.25. The van der Waals surface area contributed by atoms with Crippen molar-refractivity contribution in [3.63, 3.8) is 0 Å². The van der Waals surface area contributed by atoms with Crippen LogP contribution in [0.25, 0.3) is 0 Å². The van der Waals surface area contributed by atoms with Gasteiger partial charge in [-0.1, -0.05) is 0 Å². The second-order valence-electron chi connectivity index (χ2n) is 4.63. The Balaban J connectivity index is 2.89. The molecule has 112 valence electrons. The number of benzene rings is 1. The Morgan fingerprint density at radius 1 is 1.50 bits per heavy atom. The molecule has 0 heterocycles. The van der Waals surface area contributed by atoms with E-state index >= 15 is 0 Å². The molecule has 0 radical (unpaired) electrons. The summed E-state index contributed by atoms with van der Waals surface area (Å²) in [6, 6.07) is 1.25. The quantitative estimate of drug-likeness (QED) is 0.593. The third-order valence-electron chi connectivity index (χ3n) is 2.72. The lowest BCUT2D eigenvalue weighted by Gasteiger charge is -2.23. The number of anilines is 1. The number of nitrogens with one attached hydrogen (secondary N) is 1. The van der Waals surface area contributed by atoms with Crippen molar-refractivity contribution in [1.82, 2.24) is 0 Å². The zero-order chi connectivity index (χ0) is 15.3. The van der Waals surface area contributed by atoms with Gasteiger partial charge in [0, 0.05) is 38.8 Å². The summed E-state index contributed by atoms with van der Waals surface area (Å²) in [5.41, 5.74) is -2.40. The zero-order valence-electron chi connectivity index (χ0n) is 11.2. The summed E-state index contributed by atoms with van der Waals surface area (Å²) < 4.78 is 31.3. The Labute approximate surface area is 114 Å². The van der Waals surface area contributed by atoms with Crippen LogP contribution in [0.1, 0.15) is 13.3 Å². The van der Waals surface area contributed by atoms with E-state index in [0.717, 1.165) is 6.07 Å².